The van der Waals surface area contributed by atoms with Gasteiger partial charge in [-0.3, -0.25) is 4.90 Å². The summed E-state index contributed by atoms with van der Waals surface area (Å²) in [5.74, 6) is 1.67. The number of rotatable bonds is 6. The number of nitrogens with one attached hydrogen (secondary N) is 1. The number of methoxy groups -OCH3 is 2. The first kappa shape index (κ1) is 16.1. The van der Waals surface area contributed by atoms with Crippen LogP contribution in [-0.2, 0) is 4.74 Å². The van der Waals surface area contributed by atoms with E-state index in [0.717, 1.165) is 43.3 Å². The van der Waals surface area contributed by atoms with Gasteiger partial charge in [0.1, 0.15) is 11.5 Å². The average molecular weight is 294 g/mol. The van der Waals surface area contributed by atoms with Crippen molar-refractivity contribution in [2.24, 2.45) is 0 Å². The third-order valence-corrected chi connectivity index (χ3v) is 4.05. The fourth-order valence-corrected chi connectivity index (χ4v) is 2.62. The summed E-state index contributed by atoms with van der Waals surface area (Å²) in [7, 11) is 5.48. The SMILES string of the molecule is COc1ccc(C(C)N(C)CC2CNCCO2)c(OC)c1. The molecular formula is C16H26N2O3. The molecule has 1 N–H and O–H groups in total. The quantitative estimate of drug-likeness (QED) is 0.865. The van der Waals surface area contributed by atoms with E-state index >= 15 is 0 Å². The van der Waals surface area contributed by atoms with Crippen LogP contribution in [0.15, 0.2) is 18.2 Å². The zero-order valence-electron chi connectivity index (χ0n) is 13.4. The van der Waals surface area contributed by atoms with Crippen molar-refractivity contribution in [1.29, 1.82) is 0 Å². The van der Waals surface area contributed by atoms with Gasteiger partial charge in [0.05, 0.1) is 26.9 Å². The van der Waals surface area contributed by atoms with E-state index in [1.807, 2.05) is 12.1 Å². The Morgan fingerprint density at radius 1 is 1.38 bits per heavy atom. The number of ether oxygens (including phenoxy) is 3. The molecule has 0 aliphatic carbocycles. The predicted octanol–water partition coefficient (Wildman–Crippen LogP) is 1.68. The molecule has 5 nitrogen and oxygen atoms in total. The van der Waals surface area contributed by atoms with Crippen LogP contribution in [0.2, 0.25) is 0 Å². The van der Waals surface area contributed by atoms with Crippen molar-refractivity contribution in [3.05, 3.63) is 23.8 Å². The Kier molecular flexibility index (Phi) is 5.85. The molecule has 0 saturated carbocycles. The normalized spacial score (nSPS) is 20.3. The molecule has 0 aromatic heterocycles. The minimum Gasteiger partial charge on any atom is -0.497 e. The monoisotopic (exact) mass is 294 g/mol. The molecule has 1 saturated heterocycles. The maximum Gasteiger partial charge on any atom is 0.127 e. The van der Waals surface area contributed by atoms with Crippen molar-refractivity contribution < 1.29 is 14.2 Å². The molecule has 2 unspecified atom stereocenters. The summed E-state index contributed by atoms with van der Waals surface area (Å²) in [4.78, 5) is 2.29. The maximum absolute atomic E-state index is 5.77. The Morgan fingerprint density at radius 3 is 2.81 bits per heavy atom. The van der Waals surface area contributed by atoms with Crippen molar-refractivity contribution in [3.63, 3.8) is 0 Å². The molecule has 1 aromatic carbocycles. The Labute approximate surface area is 127 Å². The second-order valence-corrected chi connectivity index (χ2v) is 5.42. The zero-order valence-corrected chi connectivity index (χ0v) is 13.4. The standard InChI is InChI=1S/C16H26N2O3/c1-12(18(2)11-14-10-17-7-8-21-14)15-6-5-13(19-3)9-16(15)20-4/h5-6,9,12,14,17H,7-8,10-11H2,1-4H3. The van der Waals surface area contributed by atoms with E-state index in [9.17, 15) is 0 Å². The molecule has 118 valence electrons. The first-order valence-electron chi connectivity index (χ1n) is 7.40. The Hall–Kier alpha value is -1.30. The second-order valence-electron chi connectivity index (χ2n) is 5.42. The summed E-state index contributed by atoms with van der Waals surface area (Å²) in [6.45, 7) is 5.72. The van der Waals surface area contributed by atoms with Crippen molar-refractivity contribution >= 4 is 0 Å². The summed E-state index contributed by atoms with van der Waals surface area (Å²) < 4.78 is 16.5. The number of hydrogen-bond donors (Lipinski definition) is 1. The third-order valence-electron chi connectivity index (χ3n) is 4.05. The van der Waals surface area contributed by atoms with Crippen LogP contribution < -0.4 is 14.8 Å². The molecule has 1 fully saturated rings. The van der Waals surface area contributed by atoms with Crippen LogP contribution in [0, 0.1) is 0 Å². The molecule has 1 aromatic rings. The molecular weight excluding hydrogens is 268 g/mol. The van der Waals surface area contributed by atoms with E-state index in [4.69, 9.17) is 14.2 Å². The highest BCUT2D eigenvalue weighted by Crippen LogP contribution is 2.31. The molecule has 2 rings (SSSR count). The fourth-order valence-electron chi connectivity index (χ4n) is 2.62. The molecule has 0 bridgehead atoms. The van der Waals surface area contributed by atoms with Crippen LogP contribution in [0.1, 0.15) is 18.5 Å². The van der Waals surface area contributed by atoms with Gasteiger partial charge in [0.25, 0.3) is 0 Å². The molecule has 0 radical (unpaired) electrons. The maximum atomic E-state index is 5.77. The van der Waals surface area contributed by atoms with Crippen LogP contribution in [-0.4, -0.2) is 58.5 Å². The smallest absolute Gasteiger partial charge is 0.127 e. The van der Waals surface area contributed by atoms with Gasteiger partial charge >= 0.3 is 0 Å². The van der Waals surface area contributed by atoms with E-state index in [2.05, 4.69) is 30.3 Å². The number of likely N-dealkylation sites (N-methyl/N-ethyl adjacent to an activating group) is 1. The Balaban J connectivity index is 2.05. The summed E-state index contributed by atoms with van der Waals surface area (Å²) >= 11 is 0. The molecule has 21 heavy (non-hydrogen) atoms. The predicted molar refractivity (Wildman–Crippen MR) is 83.2 cm³/mol. The highest BCUT2D eigenvalue weighted by atomic mass is 16.5. The van der Waals surface area contributed by atoms with Gasteiger partial charge in [0.2, 0.25) is 0 Å². The van der Waals surface area contributed by atoms with Crippen molar-refractivity contribution in [2.75, 3.05) is 47.5 Å². The molecule has 1 heterocycles. The third kappa shape index (κ3) is 4.09. The number of nitrogens with zero attached hydrogens (tertiary/aromatic N) is 1. The van der Waals surface area contributed by atoms with Gasteiger partial charge in [-0.15, -0.1) is 0 Å². The van der Waals surface area contributed by atoms with Crippen molar-refractivity contribution in [3.8, 4) is 11.5 Å². The van der Waals surface area contributed by atoms with E-state index in [1.54, 1.807) is 14.2 Å². The van der Waals surface area contributed by atoms with Crippen LogP contribution in [0.5, 0.6) is 11.5 Å². The van der Waals surface area contributed by atoms with Gasteiger partial charge in [0, 0.05) is 37.3 Å². The molecule has 0 spiro atoms. The minimum atomic E-state index is 0.246. The number of morpholine rings is 1. The first-order chi connectivity index (χ1) is 10.2. The molecule has 5 heteroatoms. The van der Waals surface area contributed by atoms with E-state index in [-0.39, 0.29) is 12.1 Å². The summed E-state index contributed by atoms with van der Waals surface area (Å²) in [6, 6.07) is 6.22. The van der Waals surface area contributed by atoms with Gasteiger partial charge in [0.15, 0.2) is 0 Å². The minimum absolute atomic E-state index is 0.246. The molecule has 1 aliphatic rings. The van der Waals surface area contributed by atoms with Crippen LogP contribution >= 0.6 is 0 Å². The van der Waals surface area contributed by atoms with Gasteiger partial charge in [-0.25, -0.2) is 0 Å². The Morgan fingerprint density at radius 2 is 2.19 bits per heavy atom. The molecule has 2 atom stereocenters. The fraction of sp³-hybridized carbons (Fsp3) is 0.625. The largest absolute Gasteiger partial charge is 0.497 e. The van der Waals surface area contributed by atoms with E-state index in [0.29, 0.717) is 0 Å². The van der Waals surface area contributed by atoms with Gasteiger partial charge < -0.3 is 19.5 Å². The highest BCUT2D eigenvalue weighted by Gasteiger charge is 2.21. The molecule has 1 aliphatic heterocycles. The van der Waals surface area contributed by atoms with Gasteiger partial charge in [-0.1, -0.05) is 6.07 Å². The summed E-state index contributed by atoms with van der Waals surface area (Å²) in [5, 5.41) is 3.36. The first-order valence-corrected chi connectivity index (χ1v) is 7.40. The van der Waals surface area contributed by atoms with Gasteiger partial charge in [-0.05, 0) is 20.0 Å². The van der Waals surface area contributed by atoms with Crippen LogP contribution in [0.4, 0.5) is 0 Å². The lowest BCUT2D eigenvalue weighted by Gasteiger charge is -2.32. The number of hydrogen-bond acceptors (Lipinski definition) is 5. The van der Waals surface area contributed by atoms with Crippen LogP contribution in [0.3, 0.4) is 0 Å². The average Bonchev–Trinajstić information content (AvgIpc) is 2.54. The zero-order chi connectivity index (χ0) is 15.2. The second kappa shape index (κ2) is 7.64. The molecule has 0 amide bonds. The summed E-state index contributed by atoms with van der Waals surface area (Å²) in [6.07, 6.45) is 0.246. The lowest BCUT2D eigenvalue weighted by Crippen LogP contribution is -2.44. The van der Waals surface area contributed by atoms with Crippen LogP contribution in [0.25, 0.3) is 0 Å². The van der Waals surface area contributed by atoms with E-state index in [1.165, 1.54) is 0 Å². The topological polar surface area (TPSA) is 43.0 Å². The van der Waals surface area contributed by atoms with E-state index < -0.39 is 0 Å². The van der Waals surface area contributed by atoms with Crippen molar-refractivity contribution in [1.82, 2.24) is 10.2 Å². The van der Waals surface area contributed by atoms with Gasteiger partial charge in [-0.2, -0.15) is 0 Å². The van der Waals surface area contributed by atoms with Crippen molar-refractivity contribution in [2.45, 2.75) is 19.1 Å². The lowest BCUT2D eigenvalue weighted by atomic mass is 10.1. The lowest BCUT2D eigenvalue weighted by molar-refractivity contribution is 0.00378. The number of benzene rings is 1. The highest BCUT2D eigenvalue weighted by molar-refractivity contribution is 5.42. The summed E-state index contributed by atoms with van der Waals surface area (Å²) in [5.41, 5.74) is 1.16. The Bertz CT molecular complexity index is 447.